The fourth-order valence-corrected chi connectivity index (χ4v) is 3.37. The third-order valence-electron chi connectivity index (χ3n) is 4.00. The van der Waals surface area contributed by atoms with Gasteiger partial charge in [0.05, 0.1) is 17.2 Å². The van der Waals surface area contributed by atoms with E-state index in [1.807, 2.05) is 42.6 Å². The van der Waals surface area contributed by atoms with Crippen molar-refractivity contribution < 1.29 is 9.59 Å². The number of aromatic nitrogens is 1. The van der Waals surface area contributed by atoms with Crippen molar-refractivity contribution in [3.05, 3.63) is 52.0 Å². The number of piperazine rings is 1. The summed E-state index contributed by atoms with van der Waals surface area (Å²) in [5, 5.41) is 2.91. The molecule has 1 aromatic carbocycles. The summed E-state index contributed by atoms with van der Waals surface area (Å²) in [5.41, 5.74) is 1.88. The van der Waals surface area contributed by atoms with E-state index in [-0.39, 0.29) is 18.4 Å². The Labute approximate surface area is 139 Å². The van der Waals surface area contributed by atoms with E-state index in [9.17, 15) is 9.59 Å². The number of benzene rings is 1. The molecule has 1 atom stereocenters. The zero-order valence-electron chi connectivity index (χ0n) is 13.2. The van der Waals surface area contributed by atoms with Crippen LogP contribution in [0.25, 0.3) is 0 Å². The molecule has 3 rings (SSSR count). The van der Waals surface area contributed by atoms with Gasteiger partial charge in [-0.05, 0) is 19.4 Å². The first-order valence-corrected chi connectivity index (χ1v) is 8.46. The quantitative estimate of drug-likeness (QED) is 0.864. The van der Waals surface area contributed by atoms with Crippen LogP contribution in [0.4, 0.5) is 0 Å². The second kappa shape index (κ2) is 6.50. The van der Waals surface area contributed by atoms with Gasteiger partial charge in [0.1, 0.15) is 12.6 Å². The maximum absolute atomic E-state index is 12.6. The Hall–Kier alpha value is -2.21. The van der Waals surface area contributed by atoms with Gasteiger partial charge in [-0.1, -0.05) is 30.3 Å². The van der Waals surface area contributed by atoms with E-state index >= 15 is 0 Å². The Kier molecular flexibility index (Phi) is 4.43. The number of aryl methyl sites for hydroxylation is 1. The van der Waals surface area contributed by atoms with Gasteiger partial charge in [-0.15, -0.1) is 11.3 Å². The molecule has 0 N–H and O–H groups in total. The lowest BCUT2D eigenvalue weighted by atomic mass is 10.1. The number of hydrogen-bond acceptors (Lipinski definition) is 4. The van der Waals surface area contributed by atoms with Gasteiger partial charge in [-0.2, -0.15) is 0 Å². The molecule has 23 heavy (non-hydrogen) atoms. The van der Waals surface area contributed by atoms with E-state index < -0.39 is 6.04 Å². The van der Waals surface area contributed by atoms with Gasteiger partial charge in [-0.3, -0.25) is 9.59 Å². The SMILES string of the molecule is Cc1nc(CN2C(=O)CN(Cc3ccccc3)C(=O)[C@@H]2C)cs1. The highest BCUT2D eigenvalue weighted by molar-refractivity contribution is 7.09. The van der Waals surface area contributed by atoms with Gasteiger partial charge < -0.3 is 9.80 Å². The summed E-state index contributed by atoms with van der Waals surface area (Å²) in [6.45, 7) is 4.72. The second-order valence-corrected chi connectivity index (χ2v) is 6.80. The summed E-state index contributed by atoms with van der Waals surface area (Å²) in [6, 6.07) is 9.28. The lowest BCUT2D eigenvalue weighted by Gasteiger charge is -2.38. The number of nitrogens with zero attached hydrogens (tertiary/aromatic N) is 3. The molecule has 0 spiro atoms. The lowest BCUT2D eigenvalue weighted by Crippen LogP contribution is -2.58. The number of hydrogen-bond donors (Lipinski definition) is 0. The molecule has 1 aliphatic rings. The molecule has 2 aromatic rings. The van der Waals surface area contributed by atoms with Crippen LogP contribution in [0.5, 0.6) is 0 Å². The van der Waals surface area contributed by atoms with Crippen molar-refractivity contribution >= 4 is 23.2 Å². The zero-order chi connectivity index (χ0) is 16.4. The average Bonchev–Trinajstić information content (AvgIpc) is 2.95. The topological polar surface area (TPSA) is 53.5 Å². The van der Waals surface area contributed by atoms with Crippen molar-refractivity contribution in [3.63, 3.8) is 0 Å². The van der Waals surface area contributed by atoms with Crippen molar-refractivity contribution in [3.8, 4) is 0 Å². The molecule has 2 heterocycles. The Balaban J connectivity index is 1.71. The minimum atomic E-state index is -0.457. The molecule has 0 bridgehead atoms. The van der Waals surface area contributed by atoms with Gasteiger partial charge in [0.15, 0.2) is 0 Å². The van der Waals surface area contributed by atoms with Crippen LogP contribution in [0.2, 0.25) is 0 Å². The van der Waals surface area contributed by atoms with Crippen LogP contribution < -0.4 is 0 Å². The number of thiazole rings is 1. The molecule has 1 saturated heterocycles. The highest BCUT2D eigenvalue weighted by atomic mass is 32.1. The molecular weight excluding hydrogens is 310 g/mol. The van der Waals surface area contributed by atoms with Gasteiger partial charge >= 0.3 is 0 Å². The van der Waals surface area contributed by atoms with Crippen LogP contribution in [0.1, 0.15) is 23.2 Å². The molecule has 1 aliphatic heterocycles. The van der Waals surface area contributed by atoms with Crippen LogP contribution in [0, 0.1) is 6.92 Å². The second-order valence-electron chi connectivity index (χ2n) is 5.74. The normalized spacial score (nSPS) is 18.6. The monoisotopic (exact) mass is 329 g/mol. The molecule has 0 aliphatic carbocycles. The smallest absolute Gasteiger partial charge is 0.245 e. The molecule has 5 nitrogen and oxygen atoms in total. The number of carbonyl (C=O) groups is 2. The maximum Gasteiger partial charge on any atom is 0.245 e. The average molecular weight is 329 g/mol. The molecule has 6 heteroatoms. The number of rotatable bonds is 4. The highest BCUT2D eigenvalue weighted by Gasteiger charge is 2.36. The maximum atomic E-state index is 12.6. The van der Waals surface area contributed by atoms with E-state index in [4.69, 9.17) is 0 Å². The molecule has 1 fully saturated rings. The number of carbonyl (C=O) groups excluding carboxylic acids is 2. The molecule has 1 aromatic heterocycles. The van der Waals surface area contributed by atoms with E-state index in [0.717, 1.165) is 16.3 Å². The minimum absolute atomic E-state index is 0.0135. The number of amides is 2. The Bertz CT molecular complexity index is 714. The lowest BCUT2D eigenvalue weighted by molar-refractivity contribution is -0.156. The van der Waals surface area contributed by atoms with Crippen LogP contribution in [-0.2, 0) is 22.7 Å². The van der Waals surface area contributed by atoms with Crippen molar-refractivity contribution in [2.45, 2.75) is 33.0 Å². The molecule has 2 amide bonds. The summed E-state index contributed by atoms with van der Waals surface area (Å²) >= 11 is 1.55. The Morgan fingerprint density at radius 1 is 1.22 bits per heavy atom. The largest absolute Gasteiger partial charge is 0.327 e. The predicted molar refractivity (Wildman–Crippen MR) is 88.7 cm³/mol. The van der Waals surface area contributed by atoms with Crippen LogP contribution >= 0.6 is 11.3 Å². The standard InChI is InChI=1S/C17H19N3O2S/c1-12-17(22)19(8-14-6-4-3-5-7-14)10-16(21)20(12)9-15-11-23-13(2)18-15/h3-7,11-12H,8-10H2,1-2H3/t12-/m0/s1. The fraction of sp³-hybridized carbons (Fsp3) is 0.353. The summed E-state index contributed by atoms with van der Waals surface area (Å²) in [6.07, 6.45) is 0. The summed E-state index contributed by atoms with van der Waals surface area (Å²) in [4.78, 5) is 32.7. The van der Waals surface area contributed by atoms with E-state index in [1.54, 1.807) is 28.1 Å². The van der Waals surface area contributed by atoms with E-state index in [2.05, 4.69) is 4.98 Å². The van der Waals surface area contributed by atoms with E-state index in [1.165, 1.54) is 0 Å². The Morgan fingerprint density at radius 3 is 2.61 bits per heavy atom. The van der Waals surface area contributed by atoms with Crippen LogP contribution in [-0.4, -0.2) is 39.2 Å². The molecule has 120 valence electrons. The van der Waals surface area contributed by atoms with Gasteiger partial charge in [-0.25, -0.2) is 4.98 Å². The summed E-state index contributed by atoms with van der Waals surface area (Å²) < 4.78 is 0. The van der Waals surface area contributed by atoms with Gasteiger partial charge in [0.25, 0.3) is 0 Å². The van der Waals surface area contributed by atoms with Gasteiger partial charge in [0.2, 0.25) is 11.8 Å². The Morgan fingerprint density at radius 2 is 1.96 bits per heavy atom. The third-order valence-corrected chi connectivity index (χ3v) is 4.82. The van der Waals surface area contributed by atoms with Crippen LogP contribution in [0.15, 0.2) is 35.7 Å². The molecule has 0 unspecified atom stereocenters. The first-order valence-electron chi connectivity index (χ1n) is 7.58. The van der Waals surface area contributed by atoms with Gasteiger partial charge in [0, 0.05) is 11.9 Å². The summed E-state index contributed by atoms with van der Waals surface area (Å²) in [7, 11) is 0. The zero-order valence-corrected chi connectivity index (χ0v) is 14.0. The van der Waals surface area contributed by atoms with Crippen molar-refractivity contribution in [2.75, 3.05) is 6.54 Å². The molecule has 0 radical (unpaired) electrons. The predicted octanol–water partition coefficient (Wildman–Crippen LogP) is 2.21. The fourth-order valence-electron chi connectivity index (χ4n) is 2.76. The van der Waals surface area contributed by atoms with Crippen LogP contribution in [0.3, 0.4) is 0 Å². The summed E-state index contributed by atoms with van der Waals surface area (Å²) in [5.74, 6) is -0.0425. The molecular formula is C17H19N3O2S. The van der Waals surface area contributed by atoms with Crippen molar-refractivity contribution in [1.29, 1.82) is 0 Å². The first kappa shape index (κ1) is 15.7. The first-order chi connectivity index (χ1) is 11.0. The third kappa shape index (κ3) is 3.42. The highest BCUT2D eigenvalue weighted by Crippen LogP contribution is 2.19. The van der Waals surface area contributed by atoms with Crippen molar-refractivity contribution in [2.24, 2.45) is 0 Å². The van der Waals surface area contributed by atoms with E-state index in [0.29, 0.717) is 13.1 Å². The molecule has 0 saturated carbocycles. The van der Waals surface area contributed by atoms with Crippen molar-refractivity contribution in [1.82, 2.24) is 14.8 Å². The minimum Gasteiger partial charge on any atom is -0.327 e.